The Morgan fingerprint density at radius 3 is 2.54 bits per heavy atom. The summed E-state index contributed by atoms with van der Waals surface area (Å²) in [6, 6.07) is 12.2. The molecule has 0 bridgehead atoms. The number of carbonyl (C=O) groups excluding carboxylic acids is 2. The standard InChI is InChI=1S/C19H22N2O3/c1-4-17(24-19(23)14-8-6-9-15(20)11-14)18(22)21-16-10-5-7-12(2)13(16)3/h5-11,17H,4,20H2,1-3H3,(H,21,22). The molecule has 2 aromatic carbocycles. The monoisotopic (exact) mass is 326 g/mol. The van der Waals surface area contributed by atoms with Gasteiger partial charge in [-0.25, -0.2) is 4.79 Å². The molecule has 0 aliphatic carbocycles. The lowest BCUT2D eigenvalue weighted by atomic mass is 10.1. The molecule has 24 heavy (non-hydrogen) atoms. The van der Waals surface area contributed by atoms with E-state index in [2.05, 4.69) is 5.32 Å². The number of nitrogen functional groups attached to an aromatic ring is 1. The second kappa shape index (κ2) is 7.64. The Balaban J connectivity index is 2.09. The van der Waals surface area contributed by atoms with E-state index >= 15 is 0 Å². The molecule has 2 rings (SSSR count). The predicted octanol–water partition coefficient (Wildman–Crippen LogP) is 3.46. The number of nitrogens with one attached hydrogen (secondary N) is 1. The zero-order chi connectivity index (χ0) is 17.7. The van der Waals surface area contributed by atoms with Gasteiger partial charge >= 0.3 is 5.97 Å². The third-order valence-electron chi connectivity index (χ3n) is 3.90. The number of nitrogens with two attached hydrogens (primary N) is 1. The van der Waals surface area contributed by atoms with Gasteiger partial charge in [0.05, 0.1) is 5.56 Å². The lowest BCUT2D eigenvalue weighted by molar-refractivity contribution is -0.124. The lowest BCUT2D eigenvalue weighted by Gasteiger charge is -2.17. The largest absolute Gasteiger partial charge is 0.449 e. The summed E-state index contributed by atoms with van der Waals surface area (Å²) in [7, 11) is 0. The van der Waals surface area contributed by atoms with Crippen LogP contribution in [0.5, 0.6) is 0 Å². The number of ether oxygens (including phenoxy) is 1. The minimum atomic E-state index is -0.862. The summed E-state index contributed by atoms with van der Waals surface area (Å²) in [5.41, 5.74) is 9.25. The van der Waals surface area contributed by atoms with E-state index in [1.807, 2.05) is 32.0 Å². The molecule has 1 amide bonds. The van der Waals surface area contributed by atoms with Gasteiger partial charge in [0, 0.05) is 11.4 Å². The fourth-order valence-electron chi connectivity index (χ4n) is 2.28. The maximum atomic E-state index is 12.4. The topological polar surface area (TPSA) is 81.4 Å². The Hall–Kier alpha value is -2.82. The van der Waals surface area contributed by atoms with Gasteiger partial charge in [0.2, 0.25) is 0 Å². The summed E-state index contributed by atoms with van der Waals surface area (Å²) in [5, 5.41) is 2.83. The Labute approximate surface area is 141 Å². The quantitative estimate of drug-likeness (QED) is 0.651. The third kappa shape index (κ3) is 4.13. The van der Waals surface area contributed by atoms with E-state index in [0.717, 1.165) is 16.8 Å². The SMILES string of the molecule is CCC(OC(=O)c1cccc(N)c1)C(=O)Nc1cccc(C)c1C. The molecule has 2 aromatic rings. The molecule has 0 spiro atoms. The van der Waals surface area contributed by atoms with Crippen LogP contribution in [0.25, 0.3) is 0 Å². The molecular weight excluding hydrogens is 304 g/mol. The summed E-state index contributed by atoms with van der Waals surface area (Å²) in [4.78, 5) is 24.6. The minimum absolute atomic E-state index is 0.327. The number of hydrogen-bond acceptors (Lipinski definition) is 4. The number of carbonyl (C=O) groups is 2. The second-order valence-corrected chi connectivity index (χ2v) is 5.66. The number of anilines is 2. The van der Waals surface area contributed by atoms with E-state index in [1.54, 1.807) is 25.1 Å². The number of aryl methyl sites for hydroxylation is 1. The van der Waals surface area contributed by atoms with Crippen molar-refractivity contribution >= 4 is 23.3 Å². The highest BCUT2D eigenvalue weighted by molar-refractivity contribution is 5.98. The van der Waals surface area contributed by atoms with Gasteiger partial charge in [0.15, 0.2) is 6.10 Å². The number of rotatable bonds is 5. The molecule has 0 saturated heterocycles. The van der Waals surface area contributed by atoms with Crippen molar-refractivity contribution in [1.82, 2.24) is 0 Å². The average Bonchev–Trinajstić information content (AvgIpc) is 2.56. The van der Waals surface area contributed by atoms with Crippen LogP contribution in [0.3, 0.4) is 0 Å². The molecule has 0 aliphatic rings. The van der Waals surface area contributed by atoms with Crippen molar-refractivity contribution in [3.05, 3.63) is 59.2 Å². The first kappa shape index (κ1) is 17.5. The molecule has 5 heteroatoms. The molecule has 0 fully saturated rings. The molecule has 3 N–H and O–H groups in total. The summed E-state index contributed by atoms with van der Waals surface area (Å²) in [5.74, 6) is -0.909. The normalized spacial score (nSPS) is 11.6. The van der Waals surface area contributed by atoms with Gasteiger partial charge in [-0.2, -0.15) is 0 Å². The summed E-state index contributed by atoms with van der Waals surface area (Å²) < 4.78 is 5.34. The molecule has 0 aliphatic heterocycles. The van der Waals surface area contributed by atoms with Gasteiger partial charge in [0.1, 0.15) is 0 Å². The Morgan fingerprint density at radius 2 is 1.88 bits per heavy atom. The fraction of sp³-hybridized carbons (Fsp3) is 0.263. The molecule has 1 atom stereocenters. The van der Waals surface area contributed by atoms with Crippen molar-refractivity contribution in [2.45, 2.75) is 33.3 Å². The lowest BCUT2D eigenvalue weighted by Crippen LogP contribution is -2.32. The van der Waals surface area contributed by atoms with Gasteiger partial charge in [-0.3, -0.25) is 4.79 Å². The third-order valence-corrected chi connectivity index (χ3v) is 3.90. The highest BCUT2D eigenvalue weighted by Gasteiger charge is 2.22. The molecule has 0 heterocycles. The maximum Gasteiger partial charge on any atom is 0.338 e. The smallest absolute Gasteiger partial charge is 0.338 e. The zero-order valence-corrected chi connectivity index (χ0v) is 14.1. The predicted molar refractivity (Wildman–Crippen MR) is 94.9 cm³/mol. The fourth-order valence-corrected chi connectivity index (χ4v) is 2.28. The highest BCUT2D eigenvalue weighted by Crippen LogP contribution is 2.19. The van der Waals surface area contributed by atoms with Crippen molar-refractivity contribution in [3.8, 4) is 0 Å². The molecule has 0 saturated carbocycles. The first-order chi connectivity index (χ1) is 11.4. The van der Waals surface area contributed by atoms with Crippen LogP contribution in [-0.2, 0) is 9.53 Å². The zero-order valence-electron chi connectivity index (χ0n) is 14.1. The van der Waals surface area contributed by atoms with Gasteiger partial charge in [0.25, 0.3) is 5.91 Å². The summed E-state index contributed by atoms with van der Waals surface area (Å²) in [6.45, 7) is 5.70. The van der Waals surface area contributed by atoms with Crippen LogP contribution in [0, 0.1) is 13.8 Å². The first-order valence-corrected chi connectivity index (χ1v) is 7.86. The van der Waals surface area contributed by atoms with E-state index in [4.69, 9.17) is 10.5 Å². The Bertz CT molecular complexity index is 756. The Morgan fingerprint density at radius 1 is 1.17 bits per heavy atom. The van der Waals surface area contributed by atoms with Crippen LogP contribution >= 0.6 is 0 Å². The summed E-state index contributed by atoms with van der Waals surface area (Å²) in [6.07, 6.45) is -0.482. The second-order valence-electron chi connectivity index (χ2n) is 5.66. The molecule has 0 radical (unpaired) electrons. The van der Waals surface area contributed by atoms with Crippen LogP contribution in [0.4, 0.5) is 11.4 Å². The highest BCUT2D eigenvalue weighted by atomic mass is 16.5. The van der Waals surface area contributed by atoms with Crippen LogP contribution in [0.15, 0.2) is 42.5 Å². The van der Waals surface area contributed by atoms with E-state index < -0.39 is 12.1 Å². The van der Waals surface area contributed by atoms with Crippen LogP contribution in [0.1, 0.15) is 34.8 Å². The van der Waals surface area contributed by atoms with Crippen LogP contribution < -0.4 is 11.1 Å². The number of benzene rings is 2. The number of hydrogen-bond donors (Lipinski definition) is 2. The van der Waals surface area contributed by atoms with E-state index in [9.17, 15) is 9.59 Å². The van der Waals surface area contributed by atoms with Gasteiger partial charge in [-0.1, -0.05) is 25.1 Å². The molecule has 1 unspecified atom stereocenters. The van der Waals surface area contributed by atoms with Crippen LogP contribution in [-0.4, -0.2) is 18.0 Å². The van der Waals surface area contributed by atoms with Crippen LogP contribution in [0.2, 0.25) is 0 Å². The molecular formula is C19H22N2O3. The van der Waals surface area contributed by atoms with Crippen molar-refractivity contribution in [2.75, 3.05) is 11.1 Å². The van der Waals surface area contributed by atoms with Crippen molar-refractivity contribution < 1.29 is 14.3 Å². The summed E-state index contributed by atoms with van der Waals surface area (Å²) >= 11 is 0. The molecule has 5 nitrogen and oxygen atoms in total. The number of amides is 1. The minimum Gasteiger partial charge on any atom is -0.449 e. The van der Waals surface area contributed by atoms with Crippen molar-refractivity contribution in [1.29, 1.82) is 0 Å². The molecule has 0 aromatic heterocycles. The van der Waals surface area contributed by atoms with Crippen molar-refractivity contribution in [2.24, 2.45) is 0 Å². The van der Waals surface area contributed by atoms with Gasteiger partial charge in [-0.05, 0) is 55.7 Å². The van der Waals surface area contributed by atoms with Crippen molar-refractivity contribution in [3.63, 3.8) is 0 Å². The van der Waals surface area contributed by atoms with Gasteiger partial charge in [-0.15, -0.1) is 0 Å². The van der Waals surface area contributed by atoms with E-state index in [-0.39, 0.29) is 5.91 Å². The first-order valence-electron chi connectivity index (χ1n) is 7.86. The van der Waals surface area contributed by atoms with Gasteiger partial charge < -0.3 is 15.8 Å². The van der Waals surface area contributed by atoms with E-state index in [1.165, 1.54) is 6.07 Å². The Kier molecular flexibility index (Phi) is 5.58. The molecule has 126 valence electrons. The average molecular weight is 326 g/mol. The maximum absolute atomic E-state index is 12.4. The number of esters is 1. The van der Waals surface area contributed by atoms with E-state index in [0.29, 0.717) is 17.7 Å².